The Balaban J connectivity index is 1.26. The fraction of sp³-hybridized carbons (Fsp3) is 0.385. The average Bonchev–Trinajstić information content (AvgIpc) is 3.01. The van der Waals surface area contributed by atoms with Crippen LogP contribution in [0.4, 0.5) is 0 Å². The van der Waals surface area contributed by atoms with E-state index in [1.54, 1.807) is 14.2 Å². The molecule has 240 valence electrons. The molecule has 1 heterocycles. The first-order valence-corrected chi connectivity index (χ1v) is 15.8. The van der Waals surface area contributed by atoms with E-state index in [1.165, 1.54) is 0 Å². The zero-order valence-electron chi connectivity index (χ0n) is 27.5. The SMILES string of the molecule is COc1cc(COc2ccc(C3C4=C(CC(C)(C)CC4=O)OC4=C3C(=O)CC(C)(C)C4)cc2OC)ccc1OCc1ccccc1. The predicted octanol–water partition coefficient (Wildman–Crippen LogP) is 8.26. The molecule has 0 fully saturated rings. The molecule has 3 aromatic carbocycles. The van der Waals surface area contributed by atoms with Crippen molar-refractivity contribution in [2.45, 2.75) is 72.5 Å². The fourth-order valence-electron chi connectivity index (χ4n) is 6.81. The van der Waals surface area contributed by atoms with Crippen molar-refractivity contribution in [2.24, 2.45) is 10.8 Å². The molecule has 3 aromatic rings. The van der Waals surface area contributed by atoms with E-state index in [1.807, 2.05) is 66.7 Å². The fourth-order valence-corrected chi connectivity index (χ4v) is 6.81. The minimum absolute atomic E-state index is 0.0323. The van der Waals surface area contributed by atoms with Crippen LogP contribution >= 0.6 is 0 Å². The monoisotopic (exact) mass is 622 g/mol. The number of ketones is 2. The number of carbonyl (C=O) groups is 2. The third kappa shape index (κ3) is 6.41. The summed E-state index contributed by atoms with van der Waals surface area (Å²) in [5, 5.41) is 0. The molecule has 0 bridgehead atoms. The molecule has 3 aliphatic rings. The van der Waals surface area contributed by atoms with Crippen molar-refractivity contribution < 1.29 is 33.3 Å². The molecule has 0 radical (unpaired) electrons. The van der Waals surface area contributed by atoms with Crippen LogP contribution in [0.5, 0.6) is 23.0 Å². The molecule has 0 atom stereocenters. The highest BCUT2D eigenvalue weighted by molar-refractivity contribution is 6.06. The normalized spacial score (nSPS) is 18.8. The Labute approximate surface area is 271 Å². The molecule has 0 unspecified atom stereocenters. The second-order valence-electron chi connectivity index (χ2n) is 14.0. The number of allylic oxidation sites excluding steroid dienone is 4. The lowest BCUT2D eigenvalue weighted by Gasteiger charge is -2.42. The first-order chi connectivity index (χ1) is 22.0. The minimum Gasteiger partial charge on any atom is -0.493 e. The molecule has 0 spiro atoms. The van der Waals surface area contributed by atoms with E-state index in [9.17, 15) is 9.59 Å². The molecule has 0 N–H and O–H groups in total. The molecule has 0 saturated carbocycles. The van der Waals surface area contributed by atoms with E-state index in [0.717, 1.165) is 16.7 Å². The van der Waals surface area contributed by atoms with Gasteiger partial charge in [-0.05, 0) is 51.8 Å². The van der Waals surface area contributed by atoms with Crippen molar-refractivity contribution in [3.63, 3.8) is 0 Å². The van der Waals surface area contributed by atoms with Crippen molar-refractivity contribution >= 4 is 11.6 Å². The number of hydrogen-bond acceptors (Lipinski definition) is 7. The second kappa shape index (κ2) is 12.3. The number of rotatable bonds is 9. The van der Waals surface area contributed by atoms with Gasteiger partial charge in [0.1, 0.15) is 24.7 Å². The molecule has 1 aliphatic heterocycles. The van der Waals surface area contributed by atoms with Crippen molar-refractivity contribution in [1.29, 1.82) is 0 Å². The Morgan fingerprint density at radius 3 is 1.72 bits per heavy atom. The van der Waals surface area contributed by atoms with Crippen LogP contribution in [0.2, 0.25) is 0 Å². The largest absolute Gasteiger partial charge is 0.493 e. The molecule has 46 heavy (non-hydrogen) atoms. The van der Waals surface area contributed by atoms with Crippen molar-refractivity contribution in [1.82, 2.24) is 0 Å². The first kappa shape index (κ1) is 31.5. The topological polar surface area (TPSA) is 80.3 Å². The van der Waals surface area contributed by atoms with E-state index < -0.39 is 5.92 Å². The molecule has 0 saturated heterocycles. The molecule has 7 heteroatoms. The van der Waals surface area contributed by atoms with Crippen LogP contribution in [0.1, 0.15) is 76.0 Å². The summed E-state index contributed by atoms with van der Waals surface area (Å²) in [6, 6.07) is 21.4. The van der Waals surface area contributed by atoms with Crippen LogP contribution in [-0.2, 0) is 27.5 Å². The second-order valence-corrected chi connectivity index (χ2v) is 14.0. The summed E-state index contributed by atoms with van der Waals surface area (Å²) >= 11 is 0. The molecular weight excluding hydrogens is 580 g/mol. The standard InChI is InChI=1S/C39H42O7/c1-38(2)18-27(40)36-33(20-38)46-34-21-39(3,4)19-28(41)37(34)35(36)26-13-15-30(32(17-26)43-6)45-23-25-12-14-29(31(16-25)42-5)44-22-24-10-8-7-9-11-24/h7-17,35H,18-23H2,1-6H3. The number of hydrogen-bond donors (Lipinski definition) is 0. The average molecular weight is 623 g/mol. The van der Waals surface area contributed by atoms with E-state index in [0.29, 0.717) is 78.0 Å². The lowest BCUT2D eigenvalue weighted by molar-refractivity contribution is -0.120. The van der Waals surface area contributed by atoms with Gasteiger partial charge in [0.2, 0.25) is 0 Å². The summed E-state index contributed by atoms with van der Waals surface area (Å²) in [5.41, 5.74) is 3.56. The quantitative estimate of drug-likeness (QED) is 0.238. The highest BCUT2D eigenvalue weighted by Gasteiger charge is 2.48. The minimum atomic E-state index is -0.499. The third-order valence-electron chi connectivity index (χ3n) is 8.96. The van der Waals surface area contributed by atoms with Crippen molar-refractivity contribution in [2.75, 3.05) is 14.2 Å². The van der Waals surface area contributed by atoms with E-state index >= 15 is 0 Å². The van der Waals surface area contributed by atoms with Crippen LogP contribution in [0.15, 0.2) is 89.4 Å². The highest BCUT2D eigenvalue weighted by atomic mass is 16.5. The predicted molar refractivity (Wildman–Crippen MR) is 175 cm³/mol. The van der Waals surface area contributed by atoms with Gasteiger partial charge in [0.05, 0.1) is 14.2 Å². The number of ether oxygens (including phenoxy) is 5. The van der Waals surface area contributed by atoms with Crippen LogP contribution in [-0.4, -0.2) is 25.8 Å². The maximum Gasteiger partial charge on any atom is 0.163 e. The Morgan fingerprint density at radius 2 is 1.15 bits per heavy atom. The lowest BCUT2D eigenvalue weighted by atomic mass is 9.65. The summed E-state index contributed by atoms with van der Waals surface area (Å²) in [7, 11) is 3.21. The van der Waals surface area contributed by atoms with Crippen molar-refractivity contribution in [3.05, 3.63) is 106 Å². The number of methoxy groups -OCH3 is 2. The summed E-state index contributed by atoms with van der Waals surface area (Å²) in [5.74, 6) is 3.30. The molecule has 0 aromatic heterocycles. The molecule has 7 nitrogen and oxygen atoms in total. The van der Waals surface area contributed by atoms with Gasteiger partial charge in [-0.3, -0.25) is 9.59 Å². The smallest absolute Gasteiger partial charge is 0.163 e. The van der Waals surface area contributed by atoms with Gasteiger partial charge in [-0.15, -0.1) is 0 Å². The summed E-state index contributed by atoms with van der Waals surface area (Å²) < 4.78 is 30.1. The van der Waals surface area contributed by atoms with Gasteiger partial charge >= 0.3 is 0 Å². The van der Waals surface area contributed by atoms with E-state index in [-0.39, 0.29) is 29.0 Å². The molecule has 0 amide bonds. The number of benzene rings is 3. The van der Waals surface area contributed by atoms with Gasteiger partial charge in [-0.1, -0.05) is 70.2 Å². The lowest BCUT2D eigenvalue weighted by Crippen LogP contribution is -2.37. The van der Waals surface area contributed by atoms with Crippen LogP contribution < -0.4 is 18.9 Å². The van der Waals surface area contributed by atoms with Gasteiger partial charge in [-0.2, -0.15) is 0 Å². The Morgan fingerprint density at radius 1 is 0.630 bits per heavy atom. The van der Waals surface area contributed by atoms with Gasteiger partial charge in [-0.25, -0.2) is 0 Å². The molecular formula is C39H42O7. The van der Waals surface area contributed by atoms with E-state index in [2.05, 4.69) is 27.7 Å². The summed E-state index contributed by atoms with van der Waals surface area (Å²) in [4.78, 5) is 27.3. The zero-order valence-corrected chi connectivity index (χ0v) is 27.5. The maximum atomic E-state index is 13.7. The van der Waals surface area contributed by atoms with E-state index in [4.69, 9.17) is 23.7 Å². The Bertz CT molecular complexity index is 1680. The van der Waals surface area contributed by atoms with Crippen LogP contribution in [0, 0.1) is 10.8 Å². The molecule has 2 aliphatic carbocycles. The van der Waals surface area contributed by atoms with Gasteiger partial charge in [0, 0.05) is 42.7 Å². The third-order valence-corrected chi connectivity index (χ3v) is 8.96. The summed E-state index contributed by atoms with van der Waals surface area (Å²) in [6.07, 6.45) is 2.11. The number of carbonyl (C=O) groups excluding carboxylic acids is 2. The number of Topliss-reactive ketones (excluding diaryl/α,β-unsaturated/α-hetero) is 2. The first-order valence-electron chi connectivity index (χ1n) is 15.8. The Kier molecular flexibility index (Phi) is 8.45. The van der Waals surface area contributed by atoms with Crippen molar-refractivity contribution in [3.8, 4) is 23.0 Å². The maximum absolute atomic E-state index is 13.7. The van der Waals surface area contributed by atoms with Crippen LogP contribution in [0.25, 0.3) is 0 Å². The van der Waals surface area contributed by atoms with Gasteiger partial charge in [0.15, 0.2) is 34.6 Å². The molecule has 6 rings (SSSR count). The van der Waals surface area contributed by atoms with Gasteiger partial charge in [0.25, 0.3) is 0 Å². The summed E-state index contributed by atoms with van der Waals surface area (Å²) in [6.45, 7) is 9.05. The van der Waals surface area contributed by atoms with Crippen LogP contribution in [0.3, 0.4) is 0 Å². The van der Waals surface area contributed by atoms with Gasteiger partial charge < -0.3 is 23.7 Å². The Hall–Kier alpha value is -4.52. The zero-order chi connectivity index (χ0) is 32.6. The highest BCUT2D eigenvalue weighted by Crippen LogP contribution is 2.53.